The summed E-state index contributed by atoms with van der Waals surface area (Å²) in [6.07, 6.45) is 1.28. The Hall–Kier alpha value is -2.56. The van der Waals surface area contributed by atoms with Crippen molar-refractivity contribution in [2.75, 3.05) is 18.4 Å². The van der Waals surface area contributed by atoms with Crippen LogP contribution in [0.25, 0.3) is 11.4 Å². The second-order valence-corrected chi connectivity index (χ2v) is 11.3. The number of sulfonamides is 1. The Labute approximate surface area is 191 Å². The average Bonchev–Trinajstić information content (AvgIpc) is 3.44. The van der Waals surface area contributed by atoms with Gasteiger partial charge >= 0.3 is 0 Å². The molecule has 1 aliphatic rings. The zero-order valence-electron chi connectivity index (χ0n) is 18.2. The van der Waals surface area contributed by atoms with Gasteiger partial charge in [-0.1, -0.05) is 31.1 Å². The summed E-state index contributed by atoms with van der Waals surface area (Å²) in [6, 6.07) is 9.33. The molecule has 0 radical (unpaired) electrons. The molecule has 0 bridgehead atoms. The monoisotopic (exact) mass is 474 g/mol. The van der Waals surface area contributed by atoms with Crippen LogP contribution in [-0.4, -0.2) is 41.9 Å². The molecule has 8 nitrogen and oxygen atoms in total. The van der Waals surface area contributed by atoms with E-state index in [2.05, 4.69) is 29.3 Å². The second-order valence-electron chi connectivity index (χ2n) is 8.26. The Morgan fingerprint density at radius 1 is 1.28 bits per heavy atom. The van der Waals surface area contributed by atoms with Crippen molar-refractivity contribution in [1.82, 2.24) is 14.4 Å². The van der Waals surface area contributed by atoms with Crippen LogP contribution in [0.3, 0.4) is 0 Å². The lowest BCUT2D eigenvalue weighted by molar-refractivity contribution is -0.120. The van der Waals surface area contributed by atoms with Gasteiger partial charge in [0.15, 0.2) is 0 Å². The number of hydrogen-bond donors (Lipinski definition) is 1. The number of aromatic nitrogens is 2. The molecule has 3 heterocycles. The zero-order valence-corrected chi connectivity index (χ0v) is 19.9. The van der Waals surface area contributed by atoms with Gasteiger partial charge < -0.3 is 9.84 Å². The molecule has 1 aromatic carbocycles. The minimum absolute atomic E-state index is 0.156. The summed E-state index contributed by atoms with van der Waals surface area (Å²) in [5.41, 5.74) is 2.52. The SMILES string of the molecule is Cc1nc(-c2csc(S(=O)(=O)N3CCC[C@@H](C(=O)Nc4ccc(C(C)C)cc4)C3)c2)no1. The van der Waals surface area contributed by atoms with Crippen LogP contribution in [0.2, 0.25) is 0 Å². The number of aryl methyl sites for hydroxylation is 1. The molecule has 0 spiro atoms. The number of benzene rings is 1. The molecule has 0 aliphatic carbocycles. The van der Waals surface area contributed by atoms with Crippen molar-refractivity contribution in [2.24, 2.45) is 5.92 Å². The molecule has 1 fully saturated rings. The third-order valence-electron chi connectivity index (χ3n) is 5.56. The number of carbonyl (C=O) groups excluding carboxylic acids is 1. The third kappa shape index (κ3) is 4.77. The normalized spacial score (nSPS) is 17.6. The summed E-state index contributed by atoms with van der Waals surface area (Å²) in [5, 5.41) is 8.48. The predicted octanol–water partition coefficient (Wildman–Crippen LogP) is 4.27. The first-order valence-electron chi connectivity index (χ1n) is 10.5. The molecule has 1 saturated heterocycles. The summed E-state index contributed by atoms with van der Waals surface area (Å²) in [7, 11) is -3.71. The smallest absolute Gasteiger partial charge is 0.252 e. The van der Waals surface area contributed by atoms with E-state index in [4.69, 9.17) is 4.52 Å². The number of anilines is 1. The Morgan fingerprint density at radius 2 is 2.03 bits per heavy atom. The van der Waals surface area contributed by atoms with Crippen LogP contribution in [0.1, 0.15) is 44.1 Å². The van der Waals surface area contributed by atoms with E-state index in [-0.39, 0.29) is 16.7 Å². The van der Waals surface area contributed by atoms with Crippen molar-refractivity contribution in [3.8, 4) is 11.4 Å². The maximum absolute atomic E-state index is 13.2. The number of amides is 1. The molecule has 1 aliphatic heterocycles. The molecular weight excluding hydrogens is 448 g/mol. The maximum atomic E-state index is 13.2. The molecular formula is C22H26N4O4S2. The molecule has 10 heteroatoms. The number of nitrogens with zero attached hydrogens (tertiary/aromatic N) is 3. The number of thiophene rings is 1. The highest BCUT2D eigenvalue weighted by atomic mass is 32.2. The molecule has 0 saturated carbocycles. The number of piperidine rings is 1. The summed E-state index contributed by atoms with van der Waals surface area (Å²) in [6.45, 7) is 6.46. The van der Waals surface area contributed by atoms with Gasteiger partial charge in [0.05, 0.1) is 5.92 Å². The maximum Gasteiger partial charge on any atom is 0.252 e. The number of rotatable bonds is 6. The lowest BCUT2D eigenvalue weighted by Gasteiger charge is -2.30. The van der Waals surface area contributed by atoms with Crippen LogP contribution < -0.4 is 5.32 Å². The van der Waals surface area contributed by atoms with Crippen molar-refractivity contribution >= 4 is 33.0 Å². The molecule has 4 rings (SSSR count). The third-order valence-corrected chi connectivity index (χ3v) is 8.84. The Kier molecular flexibility index (Phi) is 6.45. The van der Waals surface area contributed by atoms with E-state index in [1.165, 1.54) is 9.87 Å². The van der Waals surface area contributed by atoms with Crippen molar-refractivity contribution < 1.29 is 17.7 Å². The first kappa shape index (κ1) is 22.6. The molecule has 1 N–H and O–H groups in total. The predicted molar refractivity (Wildman–Crippen MR) is 123 cm³/mol. The lowest BCUT2D eigenvalue weighted by Crippen LogP contribution is -2.43. The van der Waals surface area contributed by atoms with E-state index < -0.39 is 15.9 Å². The van der Waals surface area contributed by atoms with E-state index in [1.807, 2.05) is 24.3 Å². The van der Waals surface area contributed by atoms with Gasteiger partial charge in [-0.3, -0.25) is 4.79 Å². The van der Waals surface area contributed by atoms with E-state index in [1.54, 1.807) is 18.4 Å². The second kappa shape index (κ2) is 9.13. The average molecular weight is 475 g/mol. The highest BCUT2D eigenvalue weighted by Crippen LogP contribution is 2.31. The fourth-order valence-corrected chi connectivity index (χ4v) is 6.52. The summed E-state index contributed by atoms with van der Waals surface area (Å²) in [4.78, 5) is 17.0. The topological polar surface area (TPSA) is 105 Å². The number of hydrogen-bond acceptors (Lipinski definition) is 7. The Morgan fingerprint density at radius 3 is 2.69 bits per heavy atom. The van der Waals surface area contributed by atoms with E-state index >= 15 is 0 Å². The first-order valence-corrected chi connectivity index (χ1v) is 12.9. The fraction of sp³-hybridized carbons (Fsp3) is 0.409. The fourth-order valence-electron chi connectivity index (χ4n) is 3.68. The zero-order chi connectivity index (χ0) is 22.9. The standard InChI is InChI=1S/C22H26N4O4S2/c1-14(2)16-6-8-19(9-7-16)24-22(27)17-5-4-10-26(12-17)32(28,29)20-11-18(13-31-20)21-23-15(3)30-25-21/h6-9,11,13-14,17H,4-5,10,12H2,1-3H3,(H,24,27)/t17-/m1/s1. The van der Waals surface area contributed by atoms with Gasteiger partial charge in [0, 0.05) is 36.6 Å². The molecule has 170 valence electrons. The molecule has 3 aromatic rings. The van der Waals surface area contributed by atoms with E-state index in [0.717, 1.165) is 17.0 Å². The molecule has 0 unspecified atom stereocenters. The first-order chi connectivity index (χ1) is 15.2. The molecule has 1 atom stereocenters. The Balaban J connectivity index is 1.44. The summed E-state index contributed by atoms with van der Waals surface area (Å²) < 4.78 is 33.0. The van der Waals surface area contributed by atoms with Crippen LogP contribution in [0.5, 0.6) is 0 Å². The van der Waals surface area contributed by atoms with Gasteiger partial charge in [0.2, 0.25) is 17.6 Å². The largest absolute Gasteiger partial charge is 0.339 e. The van der Waals surface area contributed by atoms with Gasteiger partial charge in [-0.2, -0.15) is 9.29 Å². The van der Waals surface area contributed by atoms with Crippen molar-refractivity contribution in [2.45, 2.75) is 43.7 Å². The summed E-state index contributed by atoms with van der Waals surface area (Å²) in [5.74, 6) is 0.636. The van der Waals surface area contributed by atoms with Gasteiger partial charge in [-0.15, -0.1) is 11.3 Å². The number of nitrogens with one attached hydrogen (secondary N) is 1. The van der Waals surface area contributed by atoms with Crippen LogP contribution in [0, 0.1) is 12.8 Å². The van der Waals surface area contributed by atoms with Gasteiger partial charge in [0.25, 0.3) is 10.0 Å². The molecule has 32 heavy (non-hydrogen) atoms. The number of carbonyl (C=O) groups is 1. The lowest BCUT2D eigenvalue weighted by atomic mass is 9.98. The quantitative estimate of drug-likeness (QED) is 0.572. The molecule has 2 aromatic heterocycles. The minimum Gasteiger partial charge on any atom is -0.339 e. The minimum atomic E-state index is -3.71. The summed E-state index contributed by atoms with van der Waals surface area (Å²) >= 11 is 1.12. The van der Waals surface area contributed by atoms with E-state index in [9.17, 15) is 13.2 Å². The van der Waals surface area contributed by atoms with Crippen molar-refractivity contribution in [3.63, 3.8) is 0 Å². The highest BCUT2D eigenvalue weighted by molar-refractivity contribution is 7.91. The Bertz CT molecular complexity index is 1200. The van der Waals surface area contributed by atoms with Crippen molar-refractivity contribution in [1.29, 1.82) is 0 Å². The van der Waals surface area contributed by atoms with Gasteiger partial charge in [0.1, 0.15) is 4.21 Å². The van der Waals surface area contributed by atoms with Gasteiger partial charge in [-0.05, 0) is 42.5 Å². The molecule has 1 amide bonds. The highest BCUT2D eigenvalue weighted by Gasteiger charge is 2.34. The van der Waals surface area contributed by atoms with Crippen LogP contribution >= 0.6 is 11.3 Å². The van der Waals surface area contributed by atoms with Gasteiger partial charge in [-0.25, -0.2) is 8.42 Å². The van der Waals surface area contributed by atoms with Crippen LogP contribution in [0.15, 0.2) is 44.4 Å². The van der Waals surface area contributed by atoms with E-state index in [0.29, 0.717) is 42.6 Å². The van der Waals surface area contributed by atoms with Crippen molar-refractivity contribution in [3.05, 3.63) is 47.2 Å². The van der Waals surface area contributed by atoms with Crippen LogP contribution in [0.4, 0.5) is 5.69 Å². The van der Waals surface area contributed by atoms with Crippen LogP contribution in [-0.2, 0) is 14.8 Å².